The van der Waals surface area contributed by atoms with Gasteiger partial charge < -0.3 is 20.4 Å². The molecule has 25 heavy (non-hydrogen) atoms. The Morgan fingerprint density at radius 2 is 1.96 bits per heavy atom. The number of fused-ring (bicyclic) bond motifs is 1. The maximum absolute atomic E-state index is 13.1. The van der Waals surface area contributed by atoms with Crippen LogP contribution in [-0.4, -0.2) is 29.2 Å². The highest BCUT2D eigenvalue weighted by atomic mass is 16.3. The summed E-state index contributed by atoms with van der Waals surface area (Å²) in [7, 11) is 0. The van der Waals surface area contributed by atoms with Crippen LogP contribution in [0.25, 0.3) is 0 Å². The Balaban J connectivity index is 1.99. The zero-order valence-electron chi connectivity index (χ0n) is 14.8. The molecule has 5 nitrogen and oxygen atoms in total. The van der Waals surface area contributed by atoms with Crippen molar-refractivity contribution in [1.29, 1.82) is 0 Å². The van der Waals surface area contributed by atoms with Crippen LogP contribution in [0.2, 0.25) is 0 Å². The summed E-state index contributed by atoms with van der Waals surface area (Å²) in [6.07, 6.45) is 0.941. The van der Waals surface area contributed by atoms with E-state index in [-0.39, 0.29) is 28.9 Å². The van der Waals surface area contributed by atoms with Crippen LogP contribution in [0.3, 0.4) is 0 Å². The molecule has 132 valence electrons. The van der Waals surface area contributed by atoms with Crippen molar-refractivity contribution < 1.29 is 15.0 Å². The quantitative estimate of drug-likeness (QED) is 0.790. The highest BCUT2D eigenvalue weighted by Crippen LogP contribution is 2.34. The molecule has 2 aromatic carbocycles. The van der Waals surface area contributed by atoms with Crippen molar-refractivity contribution >= 4 is 17.3 Å². The summed E-state index contributed by atoms with van der Waals surface area (Å²) in [5, 5.41) is 23.5. The van der Waals surface area contributed by atoms with E-state index in [9.17, 15) is 15.0 Å². The summed E-state index contributed by atoms with van der Waals surface area (Å²) < 4.78 is 0. The number of carbonyl (C=O) groups is 1. The largest absolute Gasteiger partial charge is 0.508 e. The van der Waals surface area contributed by atoms with Crippen LogP contribution in [0.1, 0.15) is 48.2 Å². The number of phenolic OH excluding ortho intramolecular Hbond substituents is 2. The van der Waals surface area contributed by atoms with Gasteiger partial charge in [0.2, 0.25) is 0 Å². The van der Waals surface area contributed by atoms with Gasteiger partial charge in [0, 0.05) is 30.5 Å². The Bertz CT molecular complexity index is 815. The van der Waals surface area contributed by atoms with Crippen molar-refractivity contribution in [3.8, 4) is 11.5 Å². The number of anilines is 2. The van der Waals surface area contributed by atoms with Crippen LogP contribution >= 0.6 is 0 Å². The van der Waals surface area contributed by atoms with Crippen LogP contribution in [0.15, 0.2) is 30.3 Å². The summed E-state index contributed by atoms with van der Waals surface area (Å²) >= 11 is 0. The fraction of sp³-hybridized carbons (Fsp3) is 0.350. The number of benzene rings is 2. The molecule has 0 aromatic heterocycles. The van der Waals surface area contributed by atoms with Crippen LogP contribution in [0, 0.1) is 0 Å². The number of aromatic hydroxyl groups is 2. The second-order valence-electron chi connectivity index (χ2n) is 6.65. The number of hydrogen-bond donors (Lipinski definition) is 3. The molecule has 0 atom stereocenters. The number of hydrogen-bond acceptors (Lipinski definition) is 4. The molecular weight excluding hydrogens is 316 g/mol. The molecular formula is C20H24N2O3. The third kappa shape index (κ3) is 3.14. The maximum atomic E-state index is 13.1. The molecule has 0 unspecified atom stereocenters. The van der Waals surface area contributed by atoms with Gasteiger partial charge in [-0.1, -0.05) is 13.8 Å². The summed E-state index contributed by atoms with van der Waals surface area (Å²) in [6, 6.07) is 8.78. The van der Waals surface area contributed by atoms with E-state index in [1.807, 2.05) is 39.0 Å². The van der Waals surface area contributed by atoms with E-state index in [1.54, 1.807) is 11.0 Å². The monoisotopic (exact) mass is 340 g/mol. The van der Waals surface area contributed by atoms with E-state index in [2.05, 4.69) is 5.32 Å². The Morgan fingerprint density at radius 1 is 1.20 bits per heavy atom. The average molecular weight is 340 g/mol. The minimum atomic E-state index is -0.271. The zero-order chi connectivity index (χ0) is 18.1. The standard InChI is InChI=1S/C20H24N2O3/c1-4-22(14-5-6-17-13(9-14)7-8-21-17)20(25)16-10-15(12(2)3)18(23)11-19(16)24/h5-6,9-12,21,23-24H,4,7-8H2,1-3H3. The molecule has 3 N–H and O–H groups in total. The lowest BCUT2D eigenvalue weighted by molar-refractivity contribution is 0.0985. The molecule has 0 bridgehead atoms. The highest BCUT2D eigenvalue weighted by Gasteiger charge is 2.23. The molecule has 0 saturated carbocycles. The van der Waals surface area contributed by atoms with Crippen molar-refractivity contribution in [1.82, 2.24) is 0 Å². The predicted molar refractivity (Wildman–Crippen MR) is 99.8 cm³/mol. The van der Waals surface area contributed by atoms with Gasteiger partial charge in [0.15, 0.2) is 0 Å². The molecule has 3 rings (SSSR count). The fourth-order valence-electron chi connectivity index (χ4n) is 3.28. The molecule has 2 aromatic rings. The molecule has 1 amide bonds. The van der Waals surface area contributed by atoms with E-state index < -0.39 is 0 Å². The summed E-state index contributed by atoms with van der Waals surface area (Å²) in [5.41, 5.74) is 3.98. The van der Waals surface area contributed by atoms with Crippen LogP contribution in [0.5, 0.6) is 11.5 Å². The third-order valence-corrected chi connectivity index (χ3v) is 4.67. The first kappa shape index (κ1) is 17.1. The van der Waals surface area contributed by atoms with E-state index in [0.717, 1.165) is 24.3 Å². The van der Waals surface area contributed by atoms with Crippen LogP contribution in [0.4, 0.5) is 11.4 Å². The van der Waals surface area contributed by atoms with Crippen molar-refractivity contribution in [2.24, 2.45) is 0 Å². The smallest absolute Gasteiger partial charge is 0.262 e. The topological polar surface area (TPSA) is 72.8 Å². The predicted octanol–water partition coefficient (Wildman–Crippen LogP) is 3.86. The molecule has 0 spiro atoms. The minimum Gasteiger partial charge on any atom is -0.508 e. The van der Waals surface area contributed by atoms with Gasteiger partial charge in [0.05, 0.1) is 5.56 Å². The first-order valence-corrected chi connectivity index (χ1v) is 8.67. The van der Waals surface area contributed by atoms with Gasteiger partial charge in [-0.3, -0.25) is 4.79 Å². The Labute approximate surface area is 147 Å². The van der Waals surface area contributed by atoms with E-state index in [0.29, 0.717) is 12.1 Å². The number of carbonyl (C=O) groups excluding carboxylic acids is 1. The third-order valence-electron chi connectivity index (χ3n) is 4.67. The Hall–Kier alpha value is -2.69. The number of nitrogens with zero attached hydrogens (tertiary/aromatic N) is 1. The van der Waals surface area contributed by atoms with Gasteiger partial charge in [0.1, 0.15) is 11.5 Å². The first-order chi connectivity index (χ1) is 11.9. The second kappa shape index (κ2) is 6.67. The Morgan fingerprint density at radius 3 is 2.64 bits per heavy atom. The fourth-order valence-corrected chi connectivity index (χ4v) is 3.28. The van der Waals surface area contributed by atoms with Crippen LogP contribution < -0.4 is 10.2 Å². The average Bonchev–Trinajstić information content (AvgIpc) is 3.02. The summed E-state index contributed by atoms with van der Waals surface area (Å²) in [5.74, 6) is -0.412. The molecule has 1 aliphatic heterocycles. The first-order valence-electron chi connectivity index (χ1n) is 8.67. The number of rotatable bonds is 4. The summed E-state index contributed by atoms with van der Waals surface area (Å²) in [6.45, 7) is 7.18. The maximum Gasteiger partial charge on any atom is 0.262 e. The molecule has 0 radical (unpaired) electrons. The lowest BCUT2D eigenvalue weighted by atomic mass is 9.98. The van der Waals surface area contributed by atoms with Gasteiger partial charge >= 0.3 is 0 Å². The Kier molecular flexibility index (Phi) is 4.57. The second-order valence-corrected chi connectivity index (χ2v) is 6.65. The lowest BCUT2D eigenvalue weighted by Crippen LogP contribution is -2.30. The SMILES string of the molecule is CCN(C(=O)c1cc(C(C)C)c(O)cc1O)c1ccc2c(c1)CCN2. The highest BCUT2D eigenvalue weighted by molar-refractivity contribution is 6.08. The number of amides is 1. The van der Waals surface area contributed by atoms with Crippen molar-refractivity contribution in [2.45, 2.75) is 33.1 Å². The van der Waals surface area contributed by atoms with Crippen molar-refractivity contribution in [3.63, 3.8) is 0 Å². The lowest BCUT2D eigenvalue weighted by Gasteiger charge is -2.23. The molecule has 1 heterocycles. The molecule has 0 saturated heterocycles. The van der Waals surface area contributed by atoms with Gasteiger partial charge in [0.25, 0.3) is 5.91 Å². The van der Waals surface area contributed by atoms with E-state index in [4.69, 9.17) is 0 Å². The van der Waals surface area contributed by atoms with Gasteiger partial charge in [-0.15, -0.1) is 0 Å². The van der Waals surface area contributed by atoms with Crippen molar-refractivity contribution in [3.05, 3.63) is 47.0 Å². The summed E-state index contributed by atoms with van der Waals surface area (Å²) in [4.78, 5) is 14.7. The molecule has 0 aliphatic carbocycles. The van der Waals surface area contributed by atoms with Gasteiger partial charge in [-0.2, -0.15) is 0 Å². The van der Waals surface area contributed by atoms with E-state index in [1.165, 1.54) is 11.6 Å². The van der Waals surface area contributed by atoms with Crippen LogP contribution in [-0.2, 0) is 6.42 Å². The zero-order valence-corrected chi connectivity index (χ0v) is 14.8. The van der Waals surface area contributed by atoms with Gasteiger partial charge in [-0.25, -0.2) is 0 Å². The number of phenols is 2. The van der Waals surface area contributed by atoms with Gasteiger partial charge in [-0.05, 0) is 54.7 Å². The molecule has 1 aliphatic rings. The minimum absolute atomic E-state index is 0.00991. The van der Waals surface area contributed by atoms with E-state index >= 15 is 0 Å². The molecule has 0 fully saturated rings. The molecule has 5 heteroatoms. The normalized spacial score (nSPS) is 12.8. The number of nitrogens with one attached hydrogen (secondary N) is 1. The van der Waals surface area contributed by atoms with Crippen molar-refractivity contribution in [2.75, 3.05) is 23.3 Å².